The fourth-order valence-electron chi connectivity index (χ4n) is 3.46. The molecular formula is C19H40O6Si. The maximum Gasteiger partial charge on any atom is 0.495 e. The van der Waals surface area contributed by atoms with Crippen LogP contribution in [0.4, 0.5) is 0 Å². The van der Waals surface area contributed by atoms with Crippen LogP contribution in [0.1, 0.15) is 83.5 Å². The average Bonchev–Trinajstić information content (AvgIpc) is 2.60. The van der Waals surface area contributed by atoms with Crippen molar-refractivity contribution in [3.05, 3.63) is 0 Å². The molecule has 1 fully saturated rings. The first-order valence-electron chi connectivity index (χ1n) is 10.5. The summed E-state index contributed by atoms with van der Waals surface area (Å²) < 4.78 is 11.0. The van der Waals surface area contributed by atoms with Gasteiger partial charge in [0, 0.05) is 25.9 Å². The van der Waals surface area contributed by atoms with E-state index in [-0.39, 0.29) is 18.8 Å². The first-order chi connectivity index (χ1) is 12.5. The van der Waals surface area contributed by atoms with Crippen molar-refractivity contribution in [2.24, 2.45) is 0 Å². The van der Waals surface area contributed by atoms with E-state index in [1.54, 1.807) is 0 Å². The Kier molecular flexibility index (Phi) is 13.8. The van der Waals surface area contributed by atoms with Crippen LogP contribution >= 0.6 is 0 Å². The highest BCUT2D eigenvalue weighted by Gasteiger charge is 2.35. The topological polar surface area (TPSA) is 99.4 Å². The van der Waals surface area contributed by atoms with Gasteiger partial charge in [0.1, 0.15) is 0 Å². The van der Waals surface area contributed by atoms with Gasteiger partial charge in [0.25, 0.3) is 0 Å². The van der Waals surface area contributed by atoms with Gasteiger partial charge in [-0.1, -0.05) is 51.4 Å². The van der Waals surface area contributed by atoms with Gasteiger partial charge in [-0.2, -0.15) is 0 Å². The monoisotopic (exact) mass is 392 g/mol. The first-order valence-corrected chi connectivity index (χ1v) is 12.5. The summed E-state index contributed by atoms with van der Waals surface area (Å²) >= 11 is 0. The van der Waals surface area contributed by atoms with Gasteiger partial charge >= 0.3 is 8.80 Å². The van der Waals surface area contributed by atoms with Crippen molar-refractivity contribution in [2.45, 2.75) is 102 Å². The fourth-order valence-corrected chi connectivity index (χ4v) is 4.93. The largest absolute Gasteiger partial charge is 0.495 e. The van der Waals surface area contributed by atoms with Crippen LogP contribution in [0.5, 0.6) is 0 Å². The van der Waals surface area contributed by atoms with Crippen LogP contribution in [0, 0.1) is 0 Å². The molecule has 1 aliphatic carbocycles. The van der Waals surface area contributed by atoms with Gasteiger partial charge in [-0.05, 0) is 32.1 Å². The first kappa shape index (κ1) is 24.0. The summed E-state index contributed by atoms with van der Waals surface area (Å²) in [7, 11) is -3.73. The Morgan fingerprint density at radius 1 is 0.808 bits per heavy atom. The second kappa shape index (κ2) is 15.0. The predicted octanol–water partition coefficient (Wildman–Crippen LogP) is 2.75. The lowest BCUT2D eigenvalue weighted by Gasteiger charge is -2.27. The predicted molar refractivity (Wildman–Crippen MR) is 104 cm³/mol. The molecule has 0 aromatic carbocycles. The molecule has 26 heavy (non-hydrogen) atoms. The third kappa shape index (κ3) is 13.2. The van der Waals surface area contributed by atoms with Crippen molar-refractivity contribution < 1.29 is 29.0 Å². The van der Waals surface area contributed by atoms with Crippen LogP contribution in [-0.4, -0.2) is 60.6 Å². The van der Waals surface area contributed by atoms with E-state index >= 15 is 0 Å². The second-order valence-corrected chi connectivity index (χ2v) is 9.79. The SMILES string of the molecule is OCCCOCCC[Si](O)(O)OC1CCCCCCCCCC[C@@H](O)C1. The molecule has 0 radical (unpaired) electrons. The summed E-state index contributed by atoms with van der Waals surface area (Å²) in [5.74, 6) is 0. The van der Waals surface area contributed by atoms with Crippen LogP contribution in [0.2, 0.25) is 6.04 Å². The zero-order chi connectivity index (χ0) is 19.1. The summed E-state index contributed by atoms with van der Waals surface area (Å²) in [4.78, 5) is 20.6. The molecule has 1 rings (SSSR count). The van der Waals surface area contributed by atoms with Gasteiger partial charge in [0.15, 0.2) is 0 Å². The highest BCUT2D eigenvalue weighted by Crippen LogP contribution is 2.22. The Labute approximate surface area is 159 Å². The van der Waals surface area contributed by atoms with Crippen LogP contribution in [0.25, 0.3) is 0 Å². The standard InChI is InChI=1S/C19H40O6Si/c20-13-9-14-24-15-10-16-26(22,23)25-19-12-8-6-4-2-1-3-5-7-11-18(21)17-19/h18-23H,1-17H2/t18-,19?/m1/s1. The van der Waals surface area contributed by atoms with Crippen molar-refractivity contribution in [3.8, 4) is 0 Å². The third-order valence-corrected chi connectivity index (χ3v) is 6.66. The average molecular weight is 393 g/mol. The van der Waals surface area contributed by atoms with Crippen molar-refractivity contribution in [1.82, 2.24) is 0 Å². The maximum atomic E-state index is 10.3. The van der Waals surface area contributed by atoms with E-state index in [2.05, 4.69) is 0 Å². The molecule has 6 nitrogen and oxygen atoms in total. The highest BCUT2D eigenvalue weighted by atomic mass is 28.4. The maximum absolute atomic E-state index is 10.3. The Morgan fingerprint density at radius 3 is 2.04 bits per heavy atom. The van der Waals surface area contributed by atoms with Crippen LogP contribution in [0.15, 0.2) is 0 Å². The lowest BCUT2D eigenvalue weighted by Crippen LogP contribution is -2.43. The molecule has 1 unspecified atom stereocenters. The minimum absolute atomic E-state index is 0.103. The molecule has 1 saturated carbocycles. The Bertz CT molecular complexity index is 329. The van der Waals surface area contributed by atoms with Gasteiger partial charge in [-0.25, -0.2) is 0 Å². The molecule has 4 N–H and O–H groups in total. The van der Waals surface area contributed by atoms with Crippen molar-refractivity contribution in [2.75, 3.05) is 19.8 Å². The molecule has 0 bridgehead atoms. The van der Waals surface area contributed by atoms with Crippen LogP contribution < -0.4 is 0 Å². The quantitative estimate of drug-likeness (QED) is 0.356. The van der Waals surface area contributed by atoms with Crippen molar-refractivity contribution in [3.63, 3.8) is 0 Å². The molecule has 0 aromatic heterocycles. The zero-order valence-corrected chi connectivity index (χ0v) is 17.3. The minimum Gasteiger partial charge on any atom is -0.396 e. The Morgan fingerprint density at radius 2 is 1.38 bits per heavy atom. The number of hydrogen-bond acceptors (Lipinski definition) is 6. The Balaban J connectivity index is 2.38. The molecule has 0 aliphatic heterocycles. The fraction of sp³-hybridized carbons (Fsp3) is 1.00. The van der Waals surface area contributed by atoms with Crippen molar-refractivity contribution >= 4 is 8.80 Å². The van der Waals surface area contributed by atoms with Gasteiger partial charge in [0.2, 0.25) is 0 Å². The Hall–Kier alpha value is -0.0231. The minimum atomic E-state index is -3.73. The lowest BCUT2D eigenvalue weighted by atomic mass is 10.0. The number of aliphatic hydroxyl groups is 2. The van der Waals surface area contributed by atoms with E-state index in [0.29, 0.717) is 32.5 Å². The smallest absolute Gasteiger partial charge is 0.396 e. The van der Waals surface area contributed by atoms with Crippen LogP contribution in [-0.2, 0) is 9.16 Å². The van der Waals surface area contributed by atoms with Crippen molar-refractivity contribution in [1.29, 1.82) is 0 Å². The number of ether oxygens (including phenoxy) is 1. The van der Waals surface area contributed by atoms with Gasteiger partial charge in [-0.3, -0.25) is 0 Å². The summed E-state index contributed by atoms with van der Waals surface area (Å²) in [5, 5.41) is 19.0. The van der Waals surface area contributed by atoms with Gasteiger partial charge in [-0.15, -0.1) is 0 Å². The molecule has 7 heteroatoms. The van der Waals surface area contributed by atoms with Gasteiger partial charge in [0.05, 0.1) is 12.2 Å². The van der Waals surface area contributed by atoms with Gasteiger partial charge < -0.3 is 29.0 Å². The lowest BCUT2D eigenvalue weighted by molar-refractivity contribution is 0.0346. The third-order valence-electron chi connectivity index (χ3n) is 4.94. The van der Waals surface area contributed by atoms with E-state index < -0.39 is 14.9 Å². The number of rotatable bonds is 9. The van der Waals surface area contributed by atoms with Crippen LogP contribution in [0.3, 0.4) is 0 Å². The molecule has 1 aliphatic rings. The molecule has 0 spiro atoms. The molecule has 0 aromatic rings. The van der Waals surface area contributed by atoms with E-state index in [9.17, 15) is 14.7 Å². The molecular weight excluding hydrogens is 352 g/mol. The van der Waals surface area contributed by atoms with E-state index in [0.717, 1.165) is 38.5 Å². The molecule has 2 atom stereocenters. The molecule has 0 saturated heterocycles. The zero-order valence-electron chi connectivity index (χ0n) is 16.3. The summed E-state index contributed by atoms with van der Waals surface area (Å²) in [6.45, 7) is 1.02. The number of hydrogen-bond donors (Lipinski definition) is 4. The molecule has 156 valence electrons. The van der Waals surface area contributed by atoms with E-state index in [4.69, 9.17) is 14.3 Å². The summed E-state index contributed by atoms with van der Waals surface area (Å²) in [6, 6.07) is 0.207. The molecule has 0 heterocycles. The highest BCUT2D eigenvalue weighted by molar-refractivity contribution is 6.57. The summed E-state index contributed by atoms with van der Waals surface area (Å²) in [5.41, 5.74) is 0. The van der Waals surface area contributed by atoms with E-state index in [1.165, 1.54) is 25.7 Å². The number of aliphatic hydroxyl groups excluding tert-OH is 2. The normalized spacial score (nSPS) is 24.5. The summed E-state index contributed by atoms with van der Waals surface area (Å²) in [6.07, 6.45) is 11.8. The second-order valence-electron chi connectivity index (χ2n) is 7.57. The van der Waals surface area contributed by atoms with E-state index in [1.807, 2.05) is 0 Å². The molecule has 0 amide bonds.